The first-order valence-electron chi connectivity index (χ1n) is 17.5. The number of rotatable bonds is 10. The molecule has 0 saturated heterocycles. The molecule has 2 heterocycles. The average molecular weight is 755 g/mol. The van der Waals surface area contributed by atoms with E-state index in [1.54, 1.807) is 0 Å². The molecule has 5 heteroatoms. The van der Waals surface area contributed by atoms with Crippen LogP contribution in [0.1, 0.15) is 83.9 Å². The van der Waals surface area contributed by atoms with Gasteiger partial charge in [0.2, 0.25) is 5.69 Å². The van der Waals surface area contributed by atoms with Crippen LogP contribution in [0, 0.1) is 0 Å². The van der Waals surface area contributed by atoms with Gasteiger partial charge in [-0.3, -0.25) is 0 Å². The van der Waals surface area contributed by atoms with Crippen molar-refractivity contribution in [1.82, 2.24) is 0 Å². The summed E-state index contributed by atoms with van der Waals surface area (Å²) >= 11 is 0. The number of anilines is 1. The highest BCUT2D eigenvalue weighted by molar-refractivity contribution is 6.03. The monoisotopic (exact) mass is 754 g/mol. The van der Waals surface area contributed by atoms with Gasteiger partial charge in [0.1, 0.15) is 18.1 Å². The largest absolute Gasteiger partial charge is 1.00 e. The second-order valence-corrected chi connectivity index (χ2v) is 14.0. The number of nitrogens with zero attached hydrogens (tertiary/aromatic N) is 2. The standard InChI is InChI=1S/C43H51N2O2.HI/c1-7-44-37-20-11-9-18-35(37)42(3,4)39(44)28-24-32-16-13-17-33(41(32)47-34-26-22-31(23-27-34)15-14-30-46)25-29-40-43(5,6)36-19-10-12-21-38(36)45(40)8-2;/h9-12,18-29,46H,7-8,13-17,30H2,1-6H3;1H/q+1;/p-1. The number of likely N-dealkylation sites (N-methyl/N-ethyl adjacent to an activating group) is 1. The Morgan fingerprint density at radius 2 is 1.54 bits per heavy atom. The number of hydrogen-bond acceptors (Lipinski definition) is 3. The first kappa shape index (κ1) is 35.9. The number of para-hydroxylation sites is 2. The van der Waals surface area contributed by atoms with Gasteiger partial charge >= 0.3 is 0 Å². The number of halogens is 1. The maximum absolute atomic E-state index is 9.29. The second kappa shape index (κ2) is 15.0. The molecule has 3 aromatic rings. The summed E-state index contributed by atoms with van der Waals surface area (Å²) in [6, 6.07) is 26.0. The summed E-state index contributed by atoms with van der Waals surface area (Å²) < 4.78 is 9.31. The number of fused-ring (bicyclic) bond motifs is 2. The number of hydrogen-bond donors (Lipinski definition) is 1. The van der Waals surface area contributed by atoms with E-state index in [2.05, 4.69) is 148 Å². The van der Waals surface area contributed by atoms with E-state index < -0.39 is 0 Å². The molecule has 0 radical (unpaired) electrons. The van der Waals surface area contributed by atoms with Crippen LogP contribution in [-0.2, 0) is 17.3 Å². The van der Waals surface area contributed by atoms with Crippen molar-refractivity contribution in [2.24, 2.45) is 0 Å². The summed E-state index contributed by atoms with van der Waals surface area (Å²) in [6.45, 7) is 15.9. The highest BCUT2D eigenvalue weighted by Crippen LogP contribution is 2.48. The van der Waals surface area contributed by atoms with E-state index in [4.69, 9.17) is 4.74 Å². The molecule has 48 heavy (non-hydrogen) atoms. The van der Waals surface area contributed by atoms with Gasteiger partial charge in [0.25, 0.3) is 0 Å². The molecule has 3 aliphatic rings. The van der Waals surface area contributed by atoms with Crippen molar-refractivity contribution in [3.8, 4) is 5.75 Å². The maximum Gasteiger partial charge on any atom is 0.209 e. The van der Waals surface area contributed by atoms with E-state index in [0.29, 0.717) is 0 Å². The van der Waals surface area contributed by atoms with Gasteiger partial charge in [-0.15, -0.1) is 0 Å². The molecular weight excluding hydrogens is 703 g/mol. The van der Waals surface area contributed by atoms with Crippen LogP contribution in [-0.4, -0.2) is 35.1 Å². The number of ether oxygens (including phenoxy) is 1. The van der Waals surface area contributed by atoms with Gasteiger partial charge in [0.15, 0.2) is 5.71 Å². The third-order valence-corrected chi connectivity index (χ3v) is 10.4. The van der Waals surface area contributed by atoms with E-state index in [9.17, 15) is 5.11 Å². The molecule has 4 nitrogen and oxygen atoms in total. The fourth-order valence-electron chi connectivity index (χ4n) is 7.80. The molecule has 0 spiro atoms. The molecule has 0 unspecified atom stereocenters. The van der Waals surface area contributed by atoms with Gasteiger partial charge in [0, 0.05) is 47.7 Å². The van der Waals surface area contributed by atoms with Crippen LogP contribution < -0.4 is 33.6 Å². The van der Waals surface area contributed by atoms with Gasteiger partial charge in [-0.2, -0.15) is 4.58 Å². The molecule has 0 aromatic heterocycles. The minimum absolute atomic E-state index is 0. The topological polar surface area (TPSA) is 35.7 Å². The summed E-state index contributed by atoms with van der Waals surface area (Å²) in [6.07, 6.45) is 14.0. The number of allylic oxidation sites excluding steroid dienone is 7. The van der Waals surface area contributed by atoms with Gasteiger partial charge in [0.05, 0.1) is 5.41 Å². The highest BCUT2D eigenvalue weighted by atomic mass is 127. The summed E-state index contributed by atoms with van der Waals surface area (Å²) in [4.78, 5) is 2.46. The molecule has 0 saturated carbocycles. The Hall–Kier alpha value is -3.42. The third kappa shape index (κ3) is 6.73. The number of aliphatic hydroxyl groups excluding tert-OH is 1. The molecule has 3 aromatic carbocycles. The van der Waals surface area contributed by atoms with E-state index >= 15 is 0 Å². The zero-order valence-electron chi connectivity index (χ0n) is 29.5. The second-order valence-electron chi connectivity index (χ2n) is 14.0. The Morgan fingerprint density at radius 3 is 2.25 bits per heavy atom. The summed E-state index contributed by atoms with van der Waals surface area (Å²) in [5.74, 6) is 1.82. The lowest BCUT2D eigenvalue weighted by Crippen LogP contribution is -3.00. The fourth-order valence-corrected chi connectivity index (χ4v) is 7.80. The lowest BCUT2D eigenvalue weighted by atomic mass is 9.81. The quantitative estimate of drug-likeness (QED) is 0.185. The molecule has 0 atom stereocenters. The van der Waals surface area contributed by atoms with Crippen LogP contribution in [0.3, 0.4) is 0 Å². The molecule has 252 valence electrons. The molecule has 1 N–H and O–H groups in total. The minimum atomic E-state index is -0.0838. The zero-order chi connectivity index (χ0) is 33.2. The van der Waals surface area contributed by atoms with E-state index in [1.165, 1.54) is 50.6 Å². The fraction of sp³-hybridized carbons (Fsp3) is 0.372. The van der Waals surface area contributed by atoms with Crippen molar-refractivity contribution in [3.63, 3.8) is 0 Å². The first-order valence-corrected chi connectivity index (χ1v) is 17.5. The molecule has 2 aliphatic heterocycles. The Morgan fingerprint density at radius 1 is 0.833 bits per heavy atom. The summed E-state index contributed by atoms with van der Waals surface area (Å²) in [5, 5.41) is 9.29. The lowest BCUT2D eigenvalue weighted by Gasteiger charge is -2.26. The molecule has 0 fully saturated rings. The molecule has 6 rings (SSSR count). The van der Waals surface area contributed by atoms with Crippen molar-refractivity contribution >= 4 is 17.1 Å². The summed E-state index contributed by atoms with van der Waals surface area (Å²) in [5.41, 5.74) is 11.5. The third-order valence-electron chi connectivity index (χ3n) is 10.4. The normalized spacial score (nSPS) is 19.7. The Labute approximate surface area is 305 Å². The van der Waals surface area contributed by atoms with Crippen molar-refractivity contribution in [3.05, 3.63) is 136 Å². The highest BCUT2D eigenvalue weighted by Gasteiger charge is 2.43. The predicted octanol–water partition coefficient (Wildman–Crippen LogP) is 6.71. The minimum Gasteiger partial charge on any atom is -1.00 e. The zero-order valence-corrected chi connectivity index (χ0v) is 31.7. The lowest BCUT2D eigenvalue weighted by molar-refractivity contribution is -0.433. The molecule has 1 aliphatic carbocycles. The molecule has 0 amide bonds. The number of aliphatic hydroxyl groups is 1. The van der Waals surface area contributed by atoms with Crippen molar-refractivity contribution in [2.45, 2.75) is 84.5 Å². The van der Waals surface area contributed by atoms with Crippen LogP contribution in [0.25, 0.3) is 0 Å². The van der Waals surface area contributed by atoms with Crippen LogP contribution in [0.5, 0.6) is 5.75 Å². The number of aryl methyl sites for hydroxylation is 1. The predicted molar refractivity (Wildman–Crippen MR) is 196 cm³/mol. The number of benzene rings is 3. The van der Waals surface area contributed by atoms with Gasteiger partial charge in [-0.25, -0.2) is 0 Å². The van der Waals surface area contributed by atoms with Crippen molar-refractivity contribution < 1.29 is 38.4 Å². The molecular formula is C43H51IN2O2. The van der Waals surface area contributed by atoms with Crippen LogP contribution in [0.2, 0.25) is 0 Å². The van der Waals surface area contributed by atoms with Crippen LogP contribution in [0.4, 0.5) is 11.4 Å². The van der Waals surface area contributed by atoms with Gasteiger partial charge < -0.3 is 38.7 Å². The average Bonchev–Trinajstić information content (AvgIpc) is 3.44. The summed E-state index contributed by atoms with van der Waals surface area (Å²) in [7, 11) is 0. The molecule has 0 bridgehead atoms. The van der Waals surface area contributed by atoms with E-state index in [0.717, 1.165) is 56.7 Å². The van der Waals surface area contributed by atoms with Gasteiger partial charge in [-0.1, -0.05) is 68.5 Å². The van der Waals surface area contributed by atoms with Crippen LogP contribution >= 0.6 is 0 Å². The Bertz CT molecular complexity index is 1790. The van der Waals surface area contributed by atoms with Gasteiger partial charge in [-0.05, 0) is 112 Å². The Balaban J connectivity index is 0.00000451. The van der Waals surface area contributed by atoms with E-state index in [1.807, 2.05) is 0 Å². The Kier molecular flexibility index (Phi) is 11.2. The SMILES string of the molecule is CCN1/C(=C/C=C2\CCCC(/C=C/C3=[N+](CC)c4ccccc4C3(C)C)=C2Oc2ccc(CCCO)cc2)C(C)(C)c2ccccc21.[I-]. The maximum atomic E-state index is 9.29. The smallest absolute Gasteiger partial charge is 0.209 e. The first-order chi connectivity index (χ1) is 22.7. The van der Waals surface area contributed by atoms with Crippen LogP contribution in [0.15, 0.2) is 120 Å². The van der Waals surface area contributed by atoms with Crippen molar-refractivity contribution in [1.29, 1.82) is 0 Å². The van der Waals surface area contributed by atoms with Crippen molar-refractivity contribution in [2.75, 3.05) is 24.6 Å². The van der Waals surface area contributed by atoms with E-state index in [-0.39, 0.29) is 41.4 Å².